The van der Waals surface area contributed by atoms with Crippen molar-refractivity contribution in [1.29, 1.82) is 0 Å². The lowest BCUT2D eigenvalue weighted by Crippen LogP contribution is -2.46. The van der Waals surface area contributed by atoms with E-state index >= 15 is 0 Å². The van der Waals surface area contributed by atoms with E-state index in [1.165, 1.54) is 17.7 Å². The molecule has 1 aliphatic heterocycles. The summed E-state index contributed by atoms with van der Waals surface area (Å²) in [5.41, 5.74) is 0. The predicted octanol–water partition coefficient (Wildman–Crippen LogP) is 0.931. The van der Waals surface area contributed by atoms with Crippen molar-refractivity contribution in [3.8, 4) is 0 Å². The number of carbonyl (C=O) groups is 2. The molecule has 2 amide bonds. The molecule has 1 aliphatic carbocycles. The number of hydrogen-bond donors (Lipinski definition) is 1. The van der Waals surface area contributed by atoms with Crippen LogP contribution in [0.15, 0.2) is 0 Å². The molecule has 114 valence electrons. The minimum Gasteiger partial charge on any atom is -0.480 e. The quantitative estimate of drug-likeness (QED) is 0.755. The highest BCUT2D eigenvalue weighted by Gasteiger charge is 2.29. The molecule has 0 bridgehead atoms. The standard InChI is InChI=1S/C14H25N3O3/c1-15(8-9-16-6-2-3-7-16)14(20)17(11-13(18)19)10-12-4-5-12/h12H,2-11H2,1H3,(H,18,19). The summed E-state index contributed by atoms with van der Waals surface area (Å²) in [6.45, 7) is 4.17. The van der Waals surface area contributed by atoms with Gasteiger partial charge in [0.2, 0.25) is 0 Å². The van der Waals surface area contributed by atoms with Gasteiger partial charge in [-0.05, 0) is 44.7 Å². The minimum absolute atomic E-state index is 0.154. The molecule has 0 aromatic carbocycles. The Morgan fingerprint density at radius 3 is 2.45 bits per heavy atom. The number of aliphatic carboxylic acids is 1. The van der Waals surface area contributed by atoms with E-state index in [-0.39, 0.29) is 12.6 Å². The zero-order valence-corrected chi connectivity index (χ0v) is 12.3. The maximum absolute atomic E-state index is 12.3. The van der Waals surface area contributed by atoms with E-state index in [1.54, 1.807) is 11.9 Å². The molecule has 0 spiro atoms. The molecule has 0 unspecified atom stereocenters. The first-order chi connectivity index (χ1) is 9.56. The van der Waals surface area contributed by atoms with E-state index in [0.717, 1.165) is 32.5 Å². The van der Waals surface area contributed by atoms with Crippen LogP contribution < -0.4 is 0 Å². The van der Waals surface area contributed by atoms with Gasteiger partial charge in [0.15, 0.2) is 0 Å². The molecule has 20 heavy (non-hydrogen) atoms. The van der Waals surface area contributed by atoms with Gasteiger partial charge in [-0.2, -0.15) is 0 Å². The molecular formula is C14H25N3O3. The molecule has 2 fully saturated rings. The Bertz CT molecular complexity index is 352. The van der Waals surface area contributed by atoms with Gasteiger partial charge in [0, 0.05) is 26.7 Å². The summed E-state index contributed by atoms with van der Waals surface area (Å²) in [6.07, 6.45) is 4.71. The second kappa shape index (κ2) is 6.92. The number of carbonyl (C=O) groups excluding carboxylic acids is 1. The summed E-state index contributed by atoms with van der Waals surface area (Å²) in [5.74, 6) is -0.433. The van der Waals surface area contributed by atoms with Gasteiger partial charge in [0.1, 0.15) is 6.54 Å². The van der Waals surface area contributed by atoms with Crippen molar-refractivity contribution in [2.24, 2.45) is 5.92 Å². The number of carboxylic acid groups (broad SMARTS) is 1. The number of hydrogen-bond acceptors (Lipinski definition) is 3. The minimum atomic E-state index is -0.938. The Kier molecular flexibility index (Phi) is 5.23. The number of nitrogens with zero attached hydrogens (tertiary/aromatic N) is 3. The molecule has 0 radical (unpaired) electrons. The largest absolute Gasteiger partial charge is 0.480 e. The van der Waals surface area contributed by atoms with Crippen molar-refractivity contribution < 1.29 is 14.7 Å². The van der Waals surface area contributed by atoms with Crippen LogP contribution in [-0.2, 0) is 4.79 Å². The van der Waals surface area contributed by atoms with Crippen LogP contribution in [0.25, 0.3) is 0 Å². The summed E-state index contributed by atoms with van der Waals surface area (Å²) in [6, 6.07) is -0.154. The van der Waals surface area contributed by atoms with Crippen LogP contribution in [0.2, 0.25) is 0 Å². The Morgan fingerprint density at radius 2 is 1.90 bits per heavy atom. The zero-order chi connectivity index (χ0) is 14.5. The van der Waals surface area contributed by atoms with Crippen LogP contribution in [0.5, 0.6) is 0 Å². The molecule has 1 saturated heterocycles. The first-order valence-corrected chi connectivity index (χ1v) is 7.50. The molecule has 1 N–H and O–H groups in total. The van der Waals surface area contributed by atoms with E-state index < -0.39 is 5.97 Å². The Labute approximate surface area is 120 Å². The Morgan fingerprint density at radius 1 is 1.25 bits per heavy atom. The first kappa shape index (κ1) is 15.1. The Hall–Kier alpha value is -1.30. The summed E-state index contributed by atoms with van der Waals surface area (Å²) in [7, 11) is 1.76. The number of urea groups is 1. The molecule has 1 heterocycles. The number of likely N-dealkylation sites (N-methyl/N-ethyl adjacent to an activating group) is 1. The van der Waals surface area contributed by atoms with E-state index in [2.05, 4.69) is 4.90 Å². The molecule has 2 rings (SSSR count). The predicted molar refractivity (Wildman–Crippen MR) is 75.6 cm³/mol. The van der Waals surface area contributed by atoms with Crippen molar-refractivity contribution >= 4 is 12.0 Å². The molecule has 1 saturated carbocycles. The fourth-order valence-electron chi connectivity index (χ4n) is 2.62. The first-order valence-electron chi connectivity index (χ1n) is 7.50. The van der Waals surface area contributed by atoms with Crippen LogP contribution in [0.3, 0.4) is 0 Å². The lowest BCUT2D eigenvalue weighted by Gasteiger charge is -2.28. The number of likely N-dealkylation sites (tertiary alicyclic amines) is 1. The van der Waals surface area contributed by atoms with Crippen molar-refractivity contribution in [2.45, 2.75) is 25.7 Å². The lowest BCUT2D eigenvalue weighted by molar-refractivity contribution is -0.137. The van der Waals surface area contributed by atoms with Crippen molar-refractivity contribution in [2.75, 3.05) is 46.3 Å². The molecule has 2 aliphatic rings. The van der Waals surface area contributed by atoms with Gasteiger partial charge in [-0.1, -0.05) is 0 Å². The summed E-state index contributed by atoms with van der Waals surface area (Å²) in [4.78, 5) is 28.7. The molecular weight excluding hydrogens is 258 g/mol. The van der Waals surface area contributed by atoms with Gasteiger partial charge in [0.05, 0.1) is 0 Å². The van der Waals surface area contributed by atoms with Crippen LogP contribution >= 0.6 is 0 Å². The van der Waals surface area contributed by atoms with Crippen LogP contribution in [0.1, 0.15) is 25.7 Å². The van der Waals surface area contributed by atoms with Crippen LogP contribution in [0, 0.1) is 5.92 Å². The number of rotatable bonds is 7. The van der Waals surface area contributed by atoms with E-state index in [9.17, 15) is 9.59 Å². The fraction of sp³-hybridized carbons (Fsp3) is 0.857. The molecule has 0 atom stereocenters. The van der Waals surface area contributed by atoms with Crippen LogP contribution in [0.4, 0.5) is 4.79 Å². The maximum Gasteiger partial charge on any atom is 0.323 e. The Balaban J connectivity index is 1.79. The molecule has 0 aromatic heterocycles. The average Bonchev–Trinajstić information content (AvgIpc) is 3.06. The third kappa shape index (κ3) is 4.67. The number of carboxylic acids is 1. The van der Waals surface area contributed by atoms with E-state index in [0.29, 0.717) is 19.0 Å². The molecule has 6 heteroatoms. The number of amides is 2. The van der Waals surface area contributed by atoms with E-state index in [1.807, 2.05) is 0 Å². The fourth-order valence-corrected chi connectivity index (χ4v) is 2.62. The summed E-state index contributed by atoms with van der Waals surface area (Å²) < 4.78 is 0. The van der Waals surface area contributed by atoms with Crippen molar-refractivity contribution in [3.05, 3.63) is 0 Å². The van der Waals surface area contributed by atoms with Gasteiger partial charge >= 0.3 is 12.0 Å². The highest BCUT2D eigenvalue weighted by atomic mass is 16.4. The van der Waals surface area contributed by atoms with Gasteiger partial charge in [-0.25, -0.2) is 4.79 Å². The maximum atomic E-state index is 12.3. The second-order valence-electron chi connectivity index (χ2n) is 5.97. The second-order valence-corrected chi connectivity index (χ2v) is 5.97. The third-order valence-corrected chi connectivity index (χ3v) is 4.05. The highest BCUT2D eigenvalue weighted by Crippen LogP contribution is 2.29. The van der Waals surface area contributed by atoms with Crippen molar-refractivity contribution in [3.63, 3.8) is 0 Å². The zero-order valence-electron chi connectivity index (χ0n) is 12.3. The summed E-state index contributed by atoms with van der Waals surface area (Å²) >= 11 is 0. The van der Waals surface area contributed by atoms with Crippen LogP contribution in [-0.4, -0.2) is 78.1 Å². The molecule has 0 aromatic rings. The highest BCUT2D eigenvalue weighted by molar-refractivity contribution is 5.80. The monoisotopic (exact) mass is 283 g/mol. The lowest BCUT2D eigenvalue weighted by atomic mass is 10.3. The average molecular weight is 283 g/mol. The van der Waals surface area contributed by atoms with Gasteiger partial charge in [0.25, 0.3) is 0 Å². The van der Waals surface area contributed by atoms with Gasteiger partial charge in [-0.15, -0.1) is 0 Å². The van der Waals surface area contributed by atoms with Gasteiger partial charge in [-0.3, -0.25) is 4.79 Å². The van der Waals surface area contributed by atoms with E-state index in [4.69, 9.17) is 5.11 Å². The molecule has 6 nitrogen and oxygen atoms in total. The third-order valence-electron chi connectivity index (χ3n) is 4.05. The topological polar surface area (TPSA) is 64.1 Å². The van der Waals surface area contributed by atoms with Gasteiger partial charge < -0.3 is 19.8 Å². The van der Waals surface area contributed by atoms with Crippen molar-refractivity contribution in [1.82, 2.24) is 14.7 Å². The normalized spacial score (nSPS) is 19.1. The SMILES string of the molecule is CN(CCN1CCCC1)C(=O)N(CC(=O)O)CC1CC1. The summed E-state index contributed by atoms with van der Waals surface area (Å²) in [5, 5.41) is 8.93. The smallest absolute Gasteiger partial charge is 0.323 e.